The smallest absolute Gasteiger partial charge is 0.247 e. The molecule has 44 heavy (non-hydrogen) atoms. The Morgan fingerprint density at radius 1 is 1.14 bits per heavy atom. The van der Waals surface area contributed by atoms with Crippen LogP contribution >= 0.6 is 0 Å². The van der Waals surface area contributed by atoms with Crippen molar-refractivity contribution in [2.24, 2.45) is 0 Å². The van der Waals surface area contributed by atoms with E-state index in [1.54, 1.807) is 13.3 Å². The zero-order valence-electron chi connectivity index (χ0n) is 27.4. The summed E-state index contributed by atoms with van der Waals surface area (Å²) in [5.74, 6) is 4.72. The highest BCUT2D eigenvalue weighted by Gasteiger charge is 2.38. The zero-order chi connectivity index (χ0) is 32.2. The summed E-state index contributed by atoms with van der Waals surface area (Å²) < 4.78 is 5.76. The van der Waals surface area contributed by atoms with Crippen LogP contribution < -0.4 is 25.2 Å². The van der Waals surface area contributed by atoms with Gasteiger partial charge in [0.1, 0.15) is 25.3 Å². The van der Waals surface area contributed by atoms with Crippen LogP contribution in [0.2, 0.25) is 19.6 Å². The van der Waals surface area contributed by atoms with E-state index in [-0.39, 0.29) is 11.3 Å². The van der Waals surface area contributed by atoms with Gasteiger partial charge in [-0.25, -0.2) is 9.97 Å². The van der Waals surface area contributed by atoms with Crippen LogP contribution in [0, 0.1) is 11.5 Å². The molecule has 4 rings (SSSR count). The number of carbonyl (C=O) groups excluding carboxylic acids is 1. The van der Waals surface area contributed by atoms with Gasteiger partial charge in [-0.3, -0.25) is 4.79 Å². The van der Waals surface area contributed by atoms with Gasteiger partial charge in [-0.15, -0.1) is 5.54 Å². The van der Waals surface area contributed by atoms with E-state index in [1.165, 1.54) is 6.08 Å². The van der Waals surface area contributed by atoms with Gasteiger partial charge in [-0.05, 0) is 44.4 Å². The number of aromatic nitrogens is 3. The van der Waals surface area contributed by atoms with Crippen molar-refractivity contribution < 1.29 is 9.53 Å². The van der Waals surface area contributed by atoms with Gasteiger partial charge in [0.2, 0.25) is 11.9 Å². The fraction of sp³-hybridized carbons (Fsp3) is 0.394. The van der Waals surface area contributed by atoms with E-state index in [9.17, 15) is 4.79 Å². The van der Waals surface area contributed by atoms with Crippen molar-refractivity contribution in [3.05, 3.63) is 60.6 Å². The van der Waals surface area contributed by atoms with Crippen LogP contribution in [0.15, 0.2) is 49.2 Å². The number of nitrogens with one attached hydrogen (secondary N) is 2. The fourth-order valence-corrected chi connectivity index (χ4v) is 5.34. The molecule has 3 heterocycles. The van der Waals surface area contributed by atoms with Crippen molar-refractivity contribution in [2.45, 2.75) is 38.9 Å². The summed E-state index contributed by atoms with van der Waals surface area (Å²) in [4.78, 5) is 33.0. The van der Waals surface area contributed by atoms with Crippen LogP contribution in [0.25, 0.3) is 0 Å². The van der Waals surface area contributed by atoms with E-state index < -0.39 is 8.07 Å². The summed E-state index contributed by atoms with van der Waals surface area (Å²) >= 11 is 0. The fourth-order valence-electron chi connectivity index (χ4n) is 4.83. The van der Waals surface area contributed by atoms with Gasteiger partial charge in [0.05, 0.1) is 35.6 Å². The van der Waals surface area contributed by atoms with Crippen LogP contribution in [0.5, 0.6) is 5.75 Å². The average Bonchev–Trinajstić information content (AvgIpc) is 3.24. The number of amides is 1. The summed E-state index contributed by atoms with van der Waals surface area (Å²) in [5, 5.41) is 6.24. The SMILES string of the molecule is C=CC(=O)Nc1cc(Nc2nccc(N3CC(C)(C)c4nc(C#C[Si](C)(C)C)ccc43)n2)c(OC)cc1N(C)CCN(C)C. The van der Waals surface area contributed by atoms with E-state index in [4.69, 9.17) is 14.7 Å². The lowest BCUT2D eigenvalue weighted by Gasteiger charge is -2.26. The third-order valence-corrected chi connectivity index (χ3v) is 8.02. The van der Waals surface area contributed by atoms with E-state index in [0.29, 0.717) is 29.6 Å². The van der Waals surface area contributed by atoms with Gasteiger partial charge in [0.25, 0.3) is 0 Å². The number of methoxy groups -OCH3 is 1. The van der Waals surface area contributed by atoms with Gasteiger partial charge in [0.15, 0.2) is 0 Å². The first-order valence-electron chi connectivity index (χ1n) is 14.6. The zero-order valence-corrected chi connectivity index (χ0v) is 28.4. The molecule has 11 heteroatoms. The number of ether oxygens (including phenoxy) is 1. The molecule has 0 radical (unpaired) electrons. The monoisotopic (exact) mass is 612 g/mol. The Morgan fingerprint density at radius 3 is 2.55 bits per heavy atom. The van der Waals surface area contributed by atoms with Crippen molar-refractivity contribution in [3.8, 4) is 17.2 Å². The Hall–Kier alpha value is -4.40. The Labute approximate surface area is 262 Å². The largest absolute Gasteiger partial charge is 0.494 e. The van der Waals surface area contributed by atoms with E-state index in [2.05, 4.69) is 87.9 Å². The van der Waals surface area contributed by atoms with Gasteiger partial charge in [-0.2, -0.15) is 4.98 Å². The first-order valence-corrected chi connectivity index (χ1v) is 18.1. The molecule has 0 aliphatic carbocycles. The van der Waals surface area contributed by atoms with Crippen LogP contribution in [-0.2, 0) is 10.2 Å². The Bertz CT molecular complexity index is 1600. The molecule has 0 unspecified atom stereocenters. The number of fused-ring (bicyclic) bond motifs is 1. The van der Waals surface area contributed by atoms with Crippen molar-refractivity contribution in [1.82, 2.24) is 19.9 Å². The van der Waals surface area contributed by atoms with Crippen molar-refractivity contribution >= 4 is 48.5 Å². The minimum atomic E-state index is -1.52. The first-order chi connectivity index (χ1) is 20.7. The average molecular weight is 613 g/mol. The van der Waals surface area contributed by atoms with Crippen LogP contribution in [0.3, 0.4) is 0 Å². The lowest BCUT2D eigenvalue weighted by Crippen LogP contribution is -2.29. The maximum atomic E-state index is 12.3. The molecule has 3 aromatic rings. The minimum absolute atomic E-state index is 0.194. The van der Waals surface area contributed by atoms with E-state index in [0.717, 1.165) is 41.7 Å². The summed E-state index contributed by atoms with van der Waals surface area (Å²) in [5.41, 5.74) is 8.09. The molecule has 2 N–H and O–H groups in total. The molecule has 0 saturated carbocycles. The highest BCUT2D eigenvalue weighted by molar-refractivity contribution is 6.83. The highest BCUT2D eigenvalue weighted by Crippen LogP contribution is 2.43. The molecule has 10 nitrogen and oxygen atoms in total. The molecule has 232 valence electrons. The number of pyridine rings is 1. The lowest BCUT2D eigenvalue weighted by atomic mass is 9.91. The van der Waals surface area contributed by atoms with Crippen molar-refractivity contribution in [3.63, 3.8) is 0 Å². The topological polar surface area (TPSA) is 98.8 Å². The quantitative estimate of drug-likeness (QED) is 0.177. The molecule has 0 spiro atoms. The normalized spacial score (nSPS) is 13.5. The molecule has 0 fully saturated rings. The number of carbonyl (C=O) groups is 1. The number of hydrogen-bond donors (Lipinski definition) is 2. The molecule has 0 bridgehead atoms. The van der Waals surface area contributed by atoms with E-state index in [1.807, 2.05) is 45.4 Å². The van der Waals surface area contributed by atoms with Crippen LogP contribution in [0.1, 0.15) is 25.2 Å². The predicted molar refractivity (Wildman–Crippen MR) is 183 cm³/mol. The third kappa shape index (κ3) is 7.75. The molecule has 1 amide bonds. The van der Waals surface area contributed by atoms with Crippen LogP contribution in [-0.4, -0.2) is 81.7 Å². The highest BCUT2D eigenvalue weighted by atomic mass is 28.3. The third-order valence-electron chi connectivity index (χ3n) is 7.14. The van der Waals surface area contributed by atoms with Gasteiger partial charge < -0.3 is 30.1 Å². The number of anilines is 6. The Balaban J connectivity index is 1.67. The number of likely N-dealkylation sites (N-methyl/N-ethyl adjacent to an activating group) is 2. The second-order valence-electron chi connectivity index (χ2n) is 12.9. The van der Waals surface area contributed by atoms with Gasteiger partial charge in [0, 0.05) is 44.4 Å². The summed E-state index contributed by atoms with van der Waals surface area (Å²) in [6.45, 7) is 17.0. The Kier molecular flexibility index (Phi) is 9.66. The first kappa shape index (κ1) is 32.5. The predicted octanol–water partition coefficient (Wildman–Crippen LogP) is 5.40. The second kappa shape index (κ2) is 13.1. The second-order valence-corrected chi connectivity index (χ2v) is 17.6. The van der Waals surface area contributed by atoms with E-state index >= 15 is 0 Å². The molecule has 0 atom stereocenters. The lowest BCUT2D eigenvalue weighted by molar-refractivity contribution is -0.111. The Morgan fingerprint density at radius 2 is 1.89 bits per heavy atom. The molecular weight excluding hydrogens is 569 g/mol. The maximum absolute atomic E-state index is 12.3. The molecule has 1 aliphatic heterocycles. The van der Waals surface area contributed by atoms with Gasteiger partial charge >= 0.3 is 0 Å². The minimum Gasteiger partial charge on any atom is -0.494 e. The molecule has 1 aliphatic rings. The molecule has 2 aromatic heterocycles. The van der Waals surface area contributed by atoms with Gasteiger partial charge in [-0.1, -0.05) is 46.0 Å². The maximum Gasteiger partial charge on any atom is 0.247 e. The number of hydrogen-bond acceptors (Lipinski definition) is 9. The summed E-state index contributed by atoms with van der Waals surface area (Å²) in [7, 11) is 6.12. The standard InChI is InChI=1S/C33H44N8O2Si/c1-11-30(42)36-24-20-25(28(43-7)21-27(24)40(6)18-17-39(4)5)37-32-34-16-14-29(38-32)41-22-33(2,3)31-26(41)13-12-23(35-31)15-19-44(8,9)10/h11-14,16,20-21H,1,17-18,22H2,2-10H3,(H,36,42)(H,34,37,38). The van der Waals surface area contributed by atoms with Crippen molar-refractivity contribution in [1.29, 1.82) is 0 Å². The summed E-state index contributed by atoms with van der Waals surface area (Å²) in [6.07, 6.45) is 2.98. The number of rotatable bonds is 10. The molecular formula is C33H44N8O2Si. The number of nitrogens with zero attached hydrogens (tertiary/aromatic N) is 6. The summed E-state index contributed by atoms with van der Waals surface area (Å²) in [6, 6.07) is 9.70. The molecule has 0 saturated heterocycles. The number of benzene rings is 1. The van der Waals surface area contributed by atoms with Crippen LogP contribution in [0.4, 0.5) is 34.5 Å². The van der Waals surface area contributed by atoms with Crippen molar-refractivity contribution in [2.75, 3.05) is 68.3 Å². The molecule has 1 aromatic carbocycles.